The van der Waals surface area contributed by atoms with Crippen molar-refractivity contribution in [1.82, 2.24) is 0 Å². The molecule has 1 nitrogen and oxygen atoms in total. The highest BCUT2D eigenvalue weighted by molar-refractivity contribution is 6.68. The molecule has 8 aromatic rings. The van der Waals surface area contributed by atoms with Crippen LogP contribution in [0.3, 0.4) is 0 Å². The highest BCUT2D eigenvalue weighted by Gasteiger charge is 2.22. The number of hydrogen-bond donors (Lipinski definition) is 0. The SMILES string of the molecule is Bc1c(B)c(B)c(-c2ccc3c(c2)oc2cccc(-c4c5cccc(B)c5c(-c5ccc(=C)ccccc(=C)c5)c5c(B)cccc45)c23)c(B)c1B. The average molecular weight is 657 g/mol. The van der Waals surface area contributed by atoms with Gasteiger partial charge in [0.1, 0.15) is 66.1 Å². The van der Waals surface area contributed by atoms with Gasteiger partial charge in [-0.3, -0.25) is 0 Å². The highest BCUT2D eigenvalue weighted by atomic mass is 16.3. The van der Waals surface area contributed by atoms with Crippen LogP contribution in [0.25, 0.3) is 90.0 Å². The van der Waals surface area contributed by atoms with E-state index in [0.29, 0.717) is 0 Å². The summed E-state index contributed by atoms with van der Waals surface area (Å²) in [7, 11) is 15.7. The molecule has 1 aromatic heterocycles. The summed E-state index contributed by atoms with van der Waals surface area (Å²) in [6.07, 6.45) is 0. The van der Waals surface area contributed by atoms with E-state index in [9.17, 15) is 0 Å². The first kappa shape index (κ1) is 33.7. The molecule has 0 amide bonds. The van der Waals surface area contributed by atoms with Gasteiger partial charge in [-0.1, -0.05) is 126 Å². The summed E-state index contributed by atoms with van der Waals surface area (Å²) in [6, 6.07) is 41.4. The molecule has 0 spiro atoms. The molecule has 0 saturated heterocycles. The second-order valence-electron chi connectivity index (χ2n) is 14.5. The van der Waals surface area contributed by atoms with Crippen molar-refractivity contribution in [3.05, 3.63) is 126 Å². The van der Waals surface area contributed by atoms with E-state index in [1.807, 2.05) is 18.2 Å². The Morgan fingerprint density at radius 3 is 1.60 bits per heavy atom. The third kappa shape index (κ3) is 5.36. The van der Waals surface area contributed by atoms with E-state index in [1.54, 1.807) is 0 Å². The van der Waals surface area contributed by atoms with Gasteiger partial charge < -0.3 is 4.42 Å². The minimum Gasteiger partial charge on any atom is -0.456 e. The molecule has 0 fully saturated rings. The van der Waals surface area contributed by atoms with Crippen molar-refractivity contribution >= 4 is 150 Å². The van der Waals surface area contributed by atoms with E-state index in [1.165, 1.54) is 87.6 Å². The van der Waals surface area contributed by atoms with Crippen molar-refractivity contribution in [2.75, 3.05) is 0 Å². The summed E-state index contributed by atoms with van der Waals surface area (Å²) in [5, 5.41) is 9.09. The molecule has 0 radical (unpaired) electrons. The molecule has 0 bridgehead atoms. The Balaban J connectivity index is 1.48. The van der Waals surface area contributed by atoms with E-state index in [-0.39, 0.29) is 0 Å². The van der Waals surface area contributed by atoms with Gasteiger partial charge in [-0.15, -0.1) is 16.4 Å². The monoisotopic (exact) mass is 658 g/mol. The van der Waals surface area contributed by atoms with Crippen LogP contribution in [0.5, 0.6) is 0 Å². The van der Waals surface area contributed by atoms with Crippen molar-refractivity contribution < 1.29 is 4.42 Å². The van der Waals surface area contributed by atoms with E-state index < -0.39 is 0 Å². The van der Waals surface area contributed by atoms with Crippen molar-refractivity contribution in [1.29, 1.82) is 0 Å². The van der Waals surface area contributed by atoms with Gasteiger partial charge in [-0.2, -0.15) is 0 Å². The Morgan fingerprint density at radius 2 is 0.942 bits per heavy atom. The quantitative estimate of drug-likeness (QED) is 0.169. The topological polar surface area (TPSA) is 13.1 Å². The molecule has 7 aromatic carbocycles. The normalized spacial score (nSPS) is 11.4. The maximum atomic E-state index is 6.75. The lowest BCUT2D eigenvalue weighted by molar-refractivity contribution is 0.669. The number of hydrogen-bond acceptors (Lipinski definition) is 1. The molecule has 0 unspecified atom stereocenters. The summed E-state index contributed by atoms with van der Waals surface area (Å²) in [5.74, 6) is 0. The van der Waals surface area contributed by atoms with Crippen LogP contribution in [-0.4, -0.2) is 54.9 Å². The van der Waals surface area contributed by atoms with Crippen LogP contribution >= 0.6 is 0 Å². The fraction of sp³-hybridized carbons (Fsp3) is 0. The van der Waals surface area contributed by atoms with Crippen LogP contribution in [0.4, 0.5) is 0 Å². The lowest BCUT2D eigenvalue weighted by atomic mass is 9.59. The molecule has 0 atom stereocenters. The first-order valence-electron chi connectivity index (χ1n) is 18.2. The molecule has 0 saturated carbocycles. The fourth-order valence-corrected chi connectivity index (χ4v) is 8.45. The lowest BCUT2D eigenvalue weighted by Gasteiger charge is -2.21. The minimum absolute atomic E-state index is 0.896. The molecular weight excluding hydrogens is 620 g/mol. The summed E-state index contributed by atoms with van der Waals surface area (Å²) < 4.78 is 6.75. The Hall–Kier alpha value is -5.47. The minimum atomic E-state index is 0.896. The van der Waals surface area contributed by atoms with Crippen LogP contribution in [0, 0.1) is 0 Å². The molecule has 0 N–H and O–H groups in total. The zero-order valence-corrected chi connectivity index (χ0v) is 31.3. The molecule has 240 valence electrons. The predicted molar refractivity (Wildman–Crippen MR) is 250 cm³/mol. The number of furan rings is 1. The van der Waals surface area contributed by atoms with Crippen LogP contribution in [0.1, 0.15) is 0 Å². The average Bonchev–Trinajstić information content (AvgIpc) is 3.51. The van der Waals surface area contributed by atoms with Gasteiger partial charge in [0.05, 0.1) is 0 Å². The third-order valence-corrected chi connectivity index (χ3v) is 11.5. The lowest BCUT2D eigenvalue weighted by Crippen LogP contribution is -2.55. The second kappa shape index (κ2) is 12.9. The summed E-state index contributed by atoms with van der Waals surface area (Å²) in [6.45, 7) is 8.67. The van der Waals surface area contributed by atoms with Gasteiger partial charge in [0.2, 0.25) is 0 Å². The molecule has 8 heteroatoms. The van der Waals surface area contributed by atoms with Crippen LogP contribution in [0.2, 0.25) is 0 Å². The summed E-state index contributed by atoms with van der Waals surface area (Å²) in [4.78, 5) is 0. The van der Waals surface area contributed by atoms with Crippen LogP contribution in [0.15, 0.2) is 120 Å². The Morgan fingerprint density at radius 1 is 0.385 bits per heavy atom. The molecule has 0 aliphatic heterocycles. The van der Waals surface area contributed by atoms with E-state index in [4.69, 9.17) is 4.42 Å². The maximum Gasteiger partial charge on any atom is 0.140 e. The van der Waals surface area contributed by atoms with Gasteiger partial charge in [0.25, 0.3) is 0 Å². The Bertz CT molecular complexity index is 2890. The maximum absolute atomic E-state index is 6.75. The molecular formula is C44H37B7O. The van der Waals surface area contributed by atoms with Gasteiger partial charge >= 0.3 is 0 Å². The van der Waals surface area contributed by atoms with E-state index >= 15 is 0 Å². The van der Waals surface area contributed by atoms with E-state index in [0.717, 1.165) is 37.9 Å². The summed E-state index contributed by atoms with van der Waals surface area (Å²) >= 11 is 0. The van der Waals surface area contributed by atoms with Crippen molar-refractivity contribution in [2.45, 2.75) is 0 Å². The molecule has 0 aliphatic rings. The van der Waals surface area contributed by atoms with Gasteiger partial charge in [-0.05, 0) is 89.6 Å². The molecule has 8 rings (SSSR count). The molecule has 1 heterocycles. The first-order valence-corrected chi connectivity index (χ1v) is 18.2. The number of fused-ring (bicyclic) bond motifs is 5. The number of rotatable bonds is 3. The first-order chi connectivity index (χ1) is 25.0. The van der Waals surface area contributed by atoms with Crippen molar-refractivity contribution in [2.24, 2.45) is 0 Å². The molecule has 52 heavy (non-hydrogen) atoms. The van der Waals surface area contributed by atoms with Gasteiger partial charge in [0, 0.05) is 10.8 Å². The van der Waals surface area contributed by atoms with E-state index in [2.05, 4.69) is 165 Å². The van der Waals surface area contributed by atoms with Crippen LogP contribution in [-0.2, 0) is 0 Å². The number of benzene rings is 6. The van der Waals surface area contributed by atoms with Crippen molar-refractivity contribution in [3.63, 3.8) is 0 Å². The van der Waals surface area contributed by atoms with Gasteiger partial charge in [0.15, 0.2) is 0 Å². The standard InChI is InChI=1S/C44H37B7O/c1-22-8-3-4-9-23(2)20-24(17-16-22)34-38-28(10-5-13-30(38)45)36(29-11-6-14-31(46)39(29)34)27-12-7-15-32-37(27)26-19-18-25(21-33(26)52-32)35-40(47)42(49)44(51)43(50)41(35)48/h3-21H,1-2,45-51H2. The smallest absolute Gasteiger partial charge is 0.140 e. The third-order valence-electron chi connectivity index (χ3n) is 11.5. The second-order valence-corrected chi connectivity index (χ2v) is 14.5. The highest BCUT2D eigenvalue weighted by Crippen LogP contribution is 2.46. The largest absolute Gasteiger partial charge is 0.456 e. The predicted octanol–water partition coefficient (Wildman–Crippen LogP) is -1.35. The molecule has 0 aliphatic carbocycles. The van der Waals surface area contributed by atoms with Gasteiger partial charge in [-0.25, -0.2) is 0 Å². The summed E-state index contributed by atoms with van der Waals surface area (Å²) in [5.41, 5.74) is 18.3. The Labute approximate surface area is 312 Å². The zero-order chi connectivity index (χ0) is 36.4. The van der Waals surface area contributed by atoms with Crippen molar-refractivity contribution in [3.8, 4) is 33.4 Å². The Kier molecular flexibility index (Phi) is 8.38. The fourth-order valence-electron chi connectivity index (χ4n) is 8.45. The zero-order valence-electron chi connectivity index (χ0n) is 31.3. The van der Waals surface area contributed by atoms with Crippen LogP contribution < -0.4 is 48.7 Å².